The van der Waals surface area contributed by atoms with E-state index in [-0.39, 0.29) is 11.9 Å². The Bertz CT molecular complexity index is 847. The number of amides is 3. The molecular weight excluding hydrogens is 354 g/mol. The molecule has 0 unspecified atom stereocenters. The molecule has 0 radical (unpaired) electrons. The fourth-order valence-corrected chi connectivity index (χ4v) is 3.96. The van der Waals surface area contributed by atoms with E-state index in [1.54, 1.807) is 11.8 Å². The monoisotopic (exact) mass is 381 g/mol. The quantitative estimate of drug-likeness (QED) is 0.777. The van der Waals surface area contributed by atoms with Gasteiger partial charge in [-0.2, -0.15) is 0 Å². The van der Waals surface area contributed by atoms with E-state index in [1.807, 2.05) is 43.6 Å². The number of benzene rings is 1. The summed E-state index contributed by atoms with van der Waals surface area (Å²) in [5.41, 5.74) is 3.11. The molecule has 1 atom stereocenters. The number of aromatic nitrogens is 1. The van der Waals surface area contributed by atoms with Crippen molar-refractivity contribution in [2.24, 2.45) is 0 Å². The third kappa shape index (κ3) is 3.45. The Balaban J connectivity index is 1.40. The van der Waals surface area contributed by atoms with Gasteiger partial charge in [-0.15, -0.1) is 0 Å². The summed E-state index contributed by atoms with van der Waals surface area (Å²) in [6.45, 7) is 7.86. The number of pyridine rings is 1. The Morgan fingerprint density at radius 1 is 1.00 bits per heavy atom. The Morgan fingerprint density at radius 2 is 1.64 bits per heavy atom. The van der Waals surface area contributed by atoms with Gasteiger partial charge in [0.05, 0.1) is 26.2 Å². The summed E-state index contributed by atoms with van der Waals surface area (Å²) in [4.78, 5) is 35.4. The summed E-state index contributed by atoms with van der Waals surface area (Å²) in [7, 11) is 0. The van der Waals surface area contributed by atoms with Crippen LogP contribution in [0.5, 0.6) is 0 Å². The molecule has 0 aliphatic carbocycles. The summed E-state index contributed by atoms with van der Waals surface area (Å²) in [5, 5.41) is 0. The molecule has 1 aromatic heterocycles. The van der Waals surface area contributed by atoms with Gasteiger partial charge in [-0.3, -0.25) is 9.69 Å². The van der Waals surface area contributed by atoms with Gasteiger partial charge in [0.1, 0.15) is 6.04 Å². The number of imide groups is 1. The molecule has 2 saturated heterocycles. The summed E-state index contributed by atoms with van der Waals surface area (Å²) in [6, 6.07) is 11.2. The molecule has 3 amide bonds. The van der Waals surface area contributed by atoms with Gasteiger partial charge in [-0.25, -0.2) is 14.7 Å². The standard InChI is InChI=1S/C21H25N5O2/c1-16-3-5-19(6-4-16)26-17(2)20(27)25(21(26)28)15-23-11-13-24(14-12-23)18-7-9-22-10-8-18/h3-10,17H,11-15H2,1-2H3/p+2/t17-/m1/s1. The van der Waals surface area contributed by atoms with Crippen LogP contribution in [0.3, 0.4) is 0 Å². The third-order valence-corrected chi connectivity index (χ3v) is 5.68. The topological polar surface area (TPSA) is 62.4 Å². The Hall–Kier alpha value is -2.93. The number of H-pyrrole nitrogens is 1. The molecule has 2 aliphatic heterocycles. The van der Waals surface area contributed by atoms with Gasteiger partial charge in [0.15, 0.2) is 19.1 Å². The fourth-order valence-electron chi connectivity index (χ4n) is 3.96. The predicted octanol–water partition coefficient (Wildman–Crippen LogP) is 0.329. The summed E-state index contributed by atoms with van der Waals surface area (Å²) >= 11 is 0. The molecule has 1 aromatic carbocycles. The molecule has 2 N–H and O–H groups in total. The zero-order valence-electron chi connectivity index (χ0n) is 16.4. The maximum atomic E-state index is 13.0. The summed E-state index contributed by atoms with van der Waals surface area (Å²) in [5.74, 6) is -0.112. The highest BCUT2D eigenvalue weighted by Gasteiger charge is 2.45. The molecule has 2 aromatic rings. The van der Waals surface area contributed by atoms with Crippen LogP contribution < -0.4 is 19.7 Å². The number of urea groups is 1. The largest absolute Gasteiger partial charge is 0.360 e. The number of nitrogens with zero attached hydrogens (tertiary/aromatic N) is 3. The summed E-state index contributed by atoms with van der Waals surface area (Å²) in [6.07, 6.45) is 3.86. The maximum absolute atomic E-state index is 13.0. The average Bonchev–Trinajstić information content (AvgIpc) is 2.93. The van der Waals surface area contributed by atoms with Crippen molar-refractivity contribution >= 4 is 23.3 Å². The molecule has 146 valence electrons. The first-order valence-electron chi connectivity index (χ1n) is 9.80. The van der Waals surface area contributed by atoms with Crippen LogP contribution in [-0.2, 0) is 4.79 Å². The van der Waals surface area contributed by atoms with Crippen LogP contribution in [0.4, 0.5) is 16.2 Å². The molecule has 4 rings (SSSR count). The molecule has 28 heavy (non-hydrogen) atoms. The van der Waals surface area contributed by atoms with Crippen molar-refractivity contribution in [1.29, 1.82) is 0 Å². The molecular formula is C21H27N5O2+2. The van der Waals surface area contributed by atoms with E-state index in [2.05, 4.69) is 22.0 Å². The second kappa shape index (κ2) is 7.59. The number of piperazine rings is 1. The lowest BCUT2D eigenvalue weighted by Gasteiger charge is -2.34. The molecule has 7 nitrogen and oxygen atoms in total. The third-order valence-electron chi connectivity index (χ3n) is 5.68. The number of hydrogen-bond donors (Lipinski definition) is 1. The van der Waals surface area contributed by atoms with Crippen molar-refractivity contribution in [3.63, 3.8) is 0 Å². The SMILES string of the molecule is Cc1ccc(N2C(=O)N(C[NH+]3CCN(c4cc[nH+]cc4)CC3)C(=O)[C@H]2C)cc1. The van der Waals surface area contributed by atoms with Gasteiger partial charge >= 0.3 is 6.03 Å². The van der Waals surface area contributed by atoms with Gasteiger partial charge in [0, 0.05) is 23.5 Å². The Labute approximate surface area is 165 Å². The van der Waals surface area contributed by atoms with Crippen LogP contribution in [0.2, 0.25) is 0 Å². The molecule has 3 heterocycles. The van der Waals surface area contributed by atoms with Crippen LogP contribution in [0, 0.1) is 6.92 Å². The van der Waals surface area contributed by atoms with E-state index in [4.69, 9.17) is 0 Å². The highest BCUT2D eigenvalue weighted by Crippen LogP contribution is 2.25. The van der Waals surface area contributed by atoms with Gasteiger partial charge < -0.3 is 9.80 Å². The highest BCUT2D eigenvalue weighted by atomic mass is 16.2. The minimum absolute atomic E-state index is 0.112. The first-order chi connectivity index (χ1) is 13.5. The highest BCUT2D eigenvalue weighted by molar-refractivity contribution is 6.13. The van der Waals surface area contributed by atoms with Crippen molar-refractivity contribution in [2.75, 3.05) is 42.6 Å². The van der Waals surface area contributed by atoms with Crippen molar-refractivity contribution in [3.05, 3.63) is 54.4 Å². The van der Waals surface area contributed by atoms with Gasteiger partial charge in [0.2, 0.25) is 0 Å². The van der Waals surface area contributed by atoms with E-state index in [1.165, 1.54) is 15.5 Å². The summed E-state index contributed by atoms with van der Waals surface area (Å²) < 4.78 is 0. The van der Waals surface area contributed by atoms with Crippen molar-refractivity contribution < 1.29 is 19.5 Å². The van der Waals surface area contributed by atoms with E-state index >= 15 is 0 Å². The normalized spacial score (nSPS) is 20.9. The van der Waals surface area contributed by atoms with Crippen molar-refractivity contribution in [3.8, 4) is 0 Å². The molecule has 7 heteroatoms. The number of aryl methyl sites for hydroxylation is 1. The van der Waals surface area contributed by atoms with Crippen LogP contribution in [-0.4, -0.2) is 55.7 Å². The van der Waals surface area contributed by atoms with Crippen LogP contribution in [0.25, 0.3) is 0 Å². The number of carbonyl (C=O) groups excluding carboxylic acids is 2. The first-order valence-corrected chi connectivity index (χ1v) is 9.80. The van der Waals surface area contributed by atoms with E-state index in [0.29, 0.717) is 6.67 Å². The number of quaternary nitrogens is 1. The minimum Gasteiger partial charge on any atom is -0.360 e. The van der Waals surface area contributed by atoms with Crippen LogP contribution in [0.1, 0.15) is 12.5 Å². The lowest BCUT2D eigenvalue weighted by Crippen LogP contribution is -3.16. The number of carbonyl (C=O) groups is 2. The lowest BCUT2D eigenvalue weighted by atomic mass is 10.2. The van der Waals surface area contributed by atoms with Crippen molar-refractivity contribution in [1.82, 2.24) is 4.90 Å². The maximum Gasteiger partial charge on any atom is 0.336 e. The molecule has 0 spiro atoms. The molecule has 0 bridgehead atoms. The Kier molecular flexibility index (Phi) is 5.00. The van der Waals surface area contributed by atoms with E-state index in [0.717, 1.165) is 37.4 Å². The fraction of sp³-hybridized carbons (Fsp3) is 0.381. The van der Waals surface area contributed by atoms with E-state index in [9.17, 15) is 9.59 Å². The van der Waals surface area contributed by atoms with Crippen LogP contribution >= 0.6 is 0 Å². The van der Waals surface area contributed by atoms with Gasteiger partial charge in [0.25, 0.3) is 5.91 Å². The van der Waals surface area contributed by atoms with Gasteiger partial charge in [-0.05, 0) is 26.0 Å². The number of rotatable bonds is 4. The second-order valence-electron chi connectivity index (χ2n) is 7.58. The predicted molar refractivity (Wildman–Crippen MR) is 106 cm³/mol. The van der Waals surface area contributed by atoms with Crippen LogP contribution in [0.15, 0.2) is 48.8 Å². The smallest absolute Gasteiger partial charge is 0.336 e. The van der Waals surface area contributed by atoms with Gasteiger partial charge in [-0.1, -0.05) is 17.7 Å². The van der Waals surface area contributed by atoms with E-state index < -0.39 is 6.04 Å². The molecule has 2 aliphatic rings. The average molecular weight is 381 g/mol. The number of hydrogen-bond acceptors (Lipinski definition) is 3. The lowest BCUT2D eigenvalue weighted by molar-refractivity contribution is -0.907. The zero-order chi connectivity index (χ0) is 19.7. The number of aromatic amines is 1. The Morgan fingerprint density at radius 3 is 2.29 bits per heavy atom. The molecule has 0 saturated carbocycles. The number of nitrogens with one attached hydrogen (secondary N) is 2. The minimum atomic E-state index is -0.462. The number of anilines is 2. The first kappa shape index (κ1) is 18.4. The zero-order valence-corrected chi connectivity index (χ0v) is 16.4. The second-order valence-corrected chi connectivity index (χ2v) is 7.58. The van der Waals surface area contributed by atoms with Crippen molar-refractivity contribution in [2.45, 2.75) is 19.9 Å². The molecule has 2 fully saturated rings.